The summed E-state index contributed by atoms with van der Waals surface area (Å²) in [5, 5.41) is 0.946. The van der Waals surface area contributed by atoms with Crippen molar-refractivity contribution >= 4 is 28.3 Å². The number of thiazole rings is 1. The molecule has 2 aromatic heterocycles. The van der Waals surface area contributed by atoms with Crippen molar-refractivity contribution in [3.63, 3.8) is 0 Å². The molecule has 36 heavy (non-hydrogen) atoms. The number of hydrogen-bond acceptors (Lipinski definition) is 5. The minimum Gasteiger partial charge on any atom is -0.421 e. The first-order chi connectivity index (χ1) is 17.0. The lowest BCUT2D eigenvalue weighted by atomic mass is 10.1. The van der Waals surface area contributed by atoms with Crippen molar-refractivity contribution in [2.24, 2.45) is 4.99 Å². The summed E-state index contributed by atoms with van der Waals surface area (Å²) in [6.45, 7) is 2.08. The van der Waals surface area contributed by atoms with Crippen LogP contribution in [0.25, 0.3) is 16.6 Å². The summed E-state index contributed by atoms with van der Waals surface area (Å²) in [6.07, 6.45) is -6.28. The van der Waals surface area contributed by atoms with Crippen LogP contribution < -0.4 is 14.3 Å². The van der Waals surface area contributed by atoms with Gasteiger partial charge in [0.05, 0.1) is 11.2 Å². The van der Waals surface area contributed by atoms with Gasteiger partial charge in [-0.2, -0.15) is 22.6 Å². The summed E-state index contributed by atoms with van der Waals surface area (Å²) in [5.74, 6) is -1.08. The number of fused-ring (bicyclic) bond motifs is 2. The van der Waals surface area contributed by atoms with E-state index in [1.165, 1.54) is 26.9 Å². The SMILES string of the molecule is Cc1cn(-c2ccc3c(c2)OC(F)(F)C(F)(F)O3)c(=NC(=O)N(C)Cc2ccc3ncccc3c2)s1. The lowest BCUT2D eigenvalue weighted by Gasteiger charge is -2.31. The van der Waals surface area contributed by atoms with Gasteiger partial charge in [0.15, 0.2) is 16.3 Å². The molecule has 2 amide bonds. The fourth-order valence-corrected chi connectivity index (χ4v) is 4.48. The number of aryl methyl sites for hydroxylation is 1. The van der Waals surface area contributed by atoms with Crippen molar-refractivity contribution < 1.29 is 31.8 Å². The second kappa shape index (κ2) is 8.63. The van der Waals surface area contributed by atoms with E-state index in [2.05, 4.69) is 19.5 Å². The molecule has 2 aromatic carbocycles. The number of halogens is 4. The van der Waals surface area contributed by atoms with Crippen LogP contribution >= 0.6 is 11.3 Å². The average molecular weight is 518 g/mol. The van der Waals surface area contributed by atoms with E-state index in [-0.39, 0.29) is 10.5 Å². The molecular weight excluding hydrogens is 500 g/mol. The van der Waals surface area contributed by atoms with Gasteiger partial charge in [-0.15, -0.1) is 11.3 Å². The Kier molecular flexibility index (Phi) is 5.70. The van der Waals surface area contributed by atoms with Gasteiger partial charge in [0.2, 0.25) is 0 Å². The number of amides is 2. The molecule has 0 bridgehead atoms. The Bertz CT molecular complexity index is 1550. The quantitative estimate of drug-likeness (QED) is 0.336. The normalized spacial score (nSPS) is 16.2. The molecule has 1 aliphatic heterocycles. The number of carbonyl (C=O) groups excluding carboxylic acids is 1. The third kappa shape index (κ3) is 4.39. The van der Waals surface area contributed by atoms with Crippen molar-refractivity contribution in [3.05, 3.63) is 76.2 Å². The molecule has 0 fully saturated rings. The van der Waals surface area contributed by atoms with Crippen molar-refractivity contribution in [2.75, 3.05) is 7.05 Å². The number of carbonyl (C=O) groups is 1. The molecule has 0 N–H and O–H groups in total. The lowest BCUT2D eigenvalue weighted by Crippen LogP contribution is -2.52. The molecule has 0 saturated carbocycles. The fourth-order valence-electron chi connectivity index (χ4n) is 3.66. The van der Waals surface area contributed by atoms with Crippen LogP contribution in [0.5, 0.6) is 11.5 Å². The molecule has 0 unspecified atom stereocenters. The van der Waals surface area contributed by atoms with E-state index in [0.29, 0.717) is 6.54 Å². The summed E-state index contributed by atoms with van der Waals surface area (Å²) >= 11 is 1.20. The molecule has 186 valence electrons. The molecule has 0 atom stereocenters. The third-order valence-corrected chi connectivity index (χ3v) is 6.29. The highest BCUT2D eigenvalue weighted by Gasteiger charge is 2.65. The van der Waals surface area contributed by atoms with Crippen molar-refractivity contribution in [1.82, 2.24) is 14.5 Å². The van der Waals surface area contributed by atoms with E-state index >= 15 is 0 Å². The van der Waals surface area contributed by atoms with Gasteiger partial charge in [-0.05, 0) is 42.8 Å². The zero-order valence-electron chi connectivity index (χ0n) is 18.9. The van der Waals surface area contributed by atoms with E-state index in [1.54, 1.807) is 26.4 Å². The van der Waals surface area contributed by atoms with E-state index in [4.69, 9.17) is 0 Å². The highest BCUT2D eigenvalue weighted by atomic mass is 32.1. The maximum absolute atomic E-state index is 13.6. The Morgan fingerprint density at radius 1 is 1.08 bits per heavy atom. The number of ether oxygens (including phenoxy) is 2. The lowest BCUT2D eigenvalue weighted by molar-refractivity contribution is -0.391. The molecular formula is C24H18F4N4O3S. The van der Waals surface area contributed by atoms with Gasteiger partial charge < -0.3 is 14.4 Å². The van der Waals surface area contributed by atoms with Gasteiger partial charge in [-0.1, -0.05) is 12.1 Å². The van der Waals surface area contributed by atoms with Crippen molar-refractivity contribution in [1.29, 1.82) is 0 Å². The maximum atomic E-state index is 13.6. The number of urea groups is 1. The predicted molar refractivity (Wildman–Crippen MR) is 124 cm³/mol. The first kappa shape index (κ1) is 23.8. The van der Waals surface area contributed by atoms with Crippen LogP contribution in [-0.4, -0.2) is 39.7 Å². The molecule has 7 nitrogen and oxygen atoms in total. The van der Waals surface area contributed by atoms with Gasteiger partial charge in [0.1, 0.15) is 0 Å². The van der Waals surface area contributed by atoms with Crippen LogP contribution in [-0.2, 0) is 6.54 Å². The zero-order chi connectivity index (χ0) is 25.7. The van der Waals surface area contributed by atoms with E-state index < -0.39 is 29.7 Å². The Morgan fingerprint density at radius 3 is 2.61 bits per heavy atom. The molecule has 1 aliphatic rings. The maximum Gasteiger partial charge on any atom is 0.507 e. The Labute approximate surface area is 205 Å². The molecule has 5 rings (SSSR count). The summed E-state index contributed by atoms with van der Waals surface area (Å²) in [4.78, 5) is 23.8. The number of nitrogens with zero attached hydrogens (tertiary/aromatic N) is 4. The van der Waals surface area contributed by atoms with Crippen LogP contribution in [0.4, 0.5) is 22.4 Å². The van der Waals surface area contributed by atoms with Crippen LogP contribution in [0, 0.1) is 6.92 Å². The van der Waals surface area contributed by atoms with E-state index in [1.807, 2.05) is 30.3 Å². The van der Waals surface area contributed by atoms with Gasteiger partial charge in [0.25, 0.3) is 0 Å². The molecule has 0 saturated heterocycles. The molecule has 0 radical (unpaired) electrons. The second-order valence-corrected chi connectivity index (χ2v) is 9.36. The average Bonchev–Trinajstić information content (AvgIpc) is 3.18. The summed E-state index contributed by atoms with van der Waals surface area (Å²) < 4.78 is 64.0. The summed E-state index contributed by atoms with van der Waals surface area (Å²) in [7, 11) is 1.61. The van der Waals surface area contributed by atoms with Crippen LogP contribution in [0.2, 0.25) is 0 Å². The fraction of sp³-hybridized carbons (Fsp3) is 0.208. The second-order valence-electron chi connectivity index (χ2n) is 8.14. The molecule has 0 aliphatic carbocycles. The topological polar surface area (TPSA) is 69.0 Å². The zero-order valence-corrected chi connectivity index (χ0v) is 19.7. The molecule has 3 heterocycles. The van der Waals surface area contributed by atoms with Crippen LogP contribution in [0.3, 0.4) is 0 Å². The predicted octanol–water partition coefficient (Wildman–Crippen LogP) is 5.50. The molecule has 12 heteroatoms. The number of benzene rings is 2. The van der Waals surface area contributed by atoms with Gasteiger partial charge in [-0.25, -0.2) is 4.79 Å². The summed E-state index contributed by atoms with van der Waals surface area (Å²) in [6, 6.07) is 12.5. The number of hydrogen-bond donors (Lipinski definition) is 0. The number of rotatable bonds is 3. The molecule has 0 spiro atoms. The van der Waals surface area contributed by atoms with Gasteiger partial charge in [0, 0.05) is 42.3 Å². The van der Waals surface area contributed by atoms with E-state index in [9.17, 15) is 22.4 Å². The Hall–Kier alpha value is -3.93. The minimum absolute atomic E-state index is 0.265. The summed E-state index contributed by atoms with van der Waals surface area (Å²) in [5.41, 5.74) is 2.01. The van der Waals surface area contributed by atoms with Crippen LogP contribution in [0.15, 0.2) is 65.9 Å². The largest absolute Gasteiger partial charge is 0.507 e. The standard InChI is InChI=1S/C24H18F4N4O3S/c1-14-12-32(17-6-8-19-20(11-17)35-24(27,28)23(25,26)34-19)22(36-14)30-21(33)31(2)13-15-5-7-18-16(10-15)4-3-9-29-18/h3-12H,13H2,1-2H3. The van der Waals surface area contributed by atoms with Crippen molar-refractivity contribution in [3.8, 4) is 17.2 Å². The minimum atomic E-state index is -4.83. The highest BCUT2D eigenvalue weighted by Crippen LogP contribution is 2.47. The number of alkyl halides is 4. The monoisotopic (exact) mass is 518 g/mol. The third-order valence-electron chi connectivity index (χ3n) is 5.39. The Morgan fingerprint density at radius 2 is 1.83 bits per heavy atom. The van der Waals surface area contributed by atoms with Gasteiger partial charge in [-0.3, -0.25) is 9.55 Å². The highest BCUT2D eigenvalue weighted by molar-refractivity contribution is 7.09. The van der Waals surface area contributed by atoms with Crippen LogP contribution in [0.1, 0.15) is 10.4 Å². The smallest absolute Gasteiger partial charge is 0.421 e. The number of aromatic nitrogens is 2. The first-order valence-corrected chi connectivity index (χ1v) is 11.4. The van der Waals surface area contributed by atoms with E-state index in [0.717, 1.165) is 33.5 Å². The van der Waals surface area contributed by atoms with Crippen molar-refractivity contribution in [2.45, 2.75) is 25.7 Å². The number of pyridine rings is 1. The first-order valence-electron chi connectivity index (χ1n) is 10.6. The Balaban J connectivity index is 1.42. The van der Waals surface area contributed by atoms with Gasteiger partial charge >= 0.3 is 18.2 Å². The molecule has 4 aromatic rings.